The number of hydrogen-bond donors (Lipinski definition) is 1. The lowest BCUT2D eigenvalue weighted by Crippen LogP contribution is -2.42. The number of urea groups is 1. The molecule has 0 radical (unpaired) electrons. The Morgan fingerprint density at radius 2 is 1.94 bits per heavy atom. The average molecular weight is 254 g/mol. The van der Waals surface area contributed by atoms with Crippen molar-refractivity contribution in [1.82, 2.24) is 14.7 Å². The Balaban J connectivity index is 1.91. The van der Waals surface area contributed by atoms with Crippen LogP contribution in [0.2, 0.25) is 0 Å². The number of carbonyl (C=O) groups excluding carboxylic acids is 1. The molecule has 2 heterocycles. The van der Waals surface area contributed by atoms with Crippen LogP contribution in [0.1, 0.15) is 19.3 Å². The van der Waals surface area contributed by atoms with Crippen LogP contribution in [0.25, 0.3) is 0 Å². The van der Waals surface area contributed by atoms with Gasteiger partial charge in [0.25, 0.3) is 0 Å². The zero-order valence-electron chi connectivity index (χ0n) is 11.6. The van der Waals surface area contributed by atoms with E-state index in [0.29, 0.717) is 18.5 Å². The maximum atomic E-state index is 12.1. The number of rotatable bonds is 4. The largest absolute Gasteiger partial charge is 0.330 e. The van der Waals surface area contributed by atoms with Gasteiger partial charge in [-0.25, -0.2) is 4.79 Å². The van der Waals surface area contributed by atoms with Crippen molar-refractivity contribution in [1.29, 1.82) is 0 Å². The van der Waals surface area contributed by atoms with Gasteiger partial charge < -0.3 is 20.4 Å². The van der Waals surface area contributed by atoms with Crippen molar-refractivity contribution in [2.45, 2.75) is 25.3 Å². The highest BCUT2D eigenvalue weighted by atomic mass is 16.2. The van der Waals surface area contributed by atoms with E-state index in [1.807, 2.05) is 16.8 Å². The molecule has 1 unspecified atom stereocenters. The molecule has 1 atom stereocenters. The molecule has 104 valence electrons. The molecule has 0 spiro atoms. The topological polar surface area (TPSA) is 52.8 Å². The third-order valence-corrected chi connectivity index (χ3v) is 4.42. The Bertz CT molecular complexity index is 289. The molecule has 0 aromatic rings. The molecule has 2 N–H and O–H groups in total. The number of carbonyl (C=O) groups is 1. The second-order valence-electron chi connectivity index (χ2n) is 5.69. The van der Waals surface area contributed by atoms with Crippen LogP contribution < -0.4 is 5.73 Å². The zero-order valence-corrected chi connectivity index (χ0v) is 11.6. The van der Waals surface area contributed by atoms with Gasteiger partial charge >= 0.3 is 6.03 Å². The highest BCUT2D eigenvalue weighted by Gasteiger charge is 2.39. The van der Waals surface area contributed by atoms with Gasteiger partial charge in [-0.2, -0.15) is 0 Å². The molecular formula is C13H26N4O. The first-order valence-corrected chi connectivity index (χ1v) is 7.04. The van der Waals surface area contributed by atoms with Crippen LogP contribution in [-0.4, -0.2) is 73.6 Å². The van der Waals surface area contributed by atoms with Crippen molar-refractivity contribution in [3.8, 4) is 0 Å². The predicted octanol–water partition coefficient (Wildman–Crippen LogP) is 0.413. The SMILES string of the molecule is CN1CCC(C2CN(CCCN)C(=O)N2C)CC1. The molecule has 2 aliphatic rings. The molecule has 5 nitrogen and oxygen atoms in total. The summed E-state index contributed by atoms with van der Waals surface area (Å²) in [6.45, 7) is 4.68. The Kier molecular flexibility index (Phi) is 4.45. The van der Waals surface area contributed by atoms with Crippen molar-refractivity contribution in [3.63, 3.8) is 0 Å². The second kappa shape index (κ2) is 5.89. The summed E-state index contributed by atoms with van der Waals surface area (Å²) in [6.07, 6.45) is 3.33. The fourth-order valence-corrected chi connectivity index (χ4v) is 3.14. The molecule has 18 heavy (non-hydrogen) atoms. The first-order chi connectivity index (χ1) is 8.63. The normalized spacial score (nSPS) is 27.3. The molecule has 5 heteroatoms. The molecule has 2 rings (SSSR count). The summed E-state index contributed by atoms with van der Waals surface area (Å²) in [6, 6.07) is 0.594. The second-order valence-corrected chi connectivity index (χ2v) is 5.69. The van der Waals surface area contributed by atoms with Crippen LogP contribution in [-0.2, 0) is 0 Å². The first-order valence-electron chi connectivity index (χ1n) is 7.04. The number of amides is 2. The van der Waals surface area contributed by atoms with E-state index in [-0.39, 0.29) is 6.03 Å². The van der Waals surface area contributed by atoms with Gasteiger partial charge in [-0.1, -0.05) is 0 Å². The number of likely N-dealkylation sites (tertiary alicyclic amines) is 1. The number of nitrogens with two attached hydrogens (primary N) is 1. The number of nitrogens with zero attached hydrogens (tertiary/aromatic N) is 3. The van der Waals surface area contributed by atoms with Crippen LogP contribution in [0.5, 0.6) is 0 Å². The van der Waals surface area contributed by atoms with Gasteiger partial charge in [0.05, 0.1) is 6.04 Å². The first kappa shape index (κ1) is 13.6. The van der Waals surface area contributed by atoms with E-state index in [1.165, 1.54) is 12.8 Å². The quantitative estimate of drug-likeness (QED) is 0.791. The van der Waals surface area contributed by atoms with E-state index in [2.05, 4.69) is 11.9 Å². The van der Waals surface area contributed by atoms with E-state index in [1.54, 1.807) is 0 Å². The molecule has 2 amide bonds. The minimum Gasteiger partial charge on any atom is -0.330 e. The van der Waals surface area contributed by atoms with Crippen LogP contribution in [0.15, 0.2) is 0 Å². The van der Waals surface area contributed by atoms with Crippen molar-refractivity contribution < 1.29 is 4.79 Å². The monoisotopic (exact) mass is 254 g/mol. The molecule has 2 fully saturated rings. The van der Waals surface area contributed by atoms with Gasteiger partial charge in [0, 0.05) is 20.1 Å². The summed E-state index contributed by atoms with van der Waals surface area (Å²) in [5.41, 5.74) is 5.52. The molecule has 2 saturated heterocycles. The van der Waals surface area contributed by atoms with Crippen LogP contribution in [0, 0.1) is 5.92 Å². The van der Waals surface area contributed by atoms with Crippen LogP contribution >= 0.6 is 0 Å². The lowest BCUT2D eigenvalue weighted by atomic mass is 9.89. The predicted molar refractivity (Wildman–Crippen MR) is 72.4 cm³/mol. The lowest BCUT2D eigenvalue weighted by molar-refractivity contribution is 0.150. The van der Waals surface area contributed by atoms with E-state index < -0.39 is 0 Å². The van der Waals surface area contributed by atoms with Crippen molar-refractivity contribution in [3.05, 3.63) is 0 Å². The summed E-state index contributed by atoms with van der Waals surface area (Å²) in [7, 11) is 4.13. The highest BCUT2D eigenvalue weighted by molar-refractivity contribution is 5.76. The van der Waals surface area contributed by atoms with Gasteiger partial charge in [-0.15, -0.1) is 0 Å². The van der Waals surface area contributed by atoms with Gasteiger partial charge in [-0.3, -0.25) is 0 Å². The third-order valence-electron chi connectivity index (χ3n) is 4.42. The third kappa shape index (κ3) is 2.78. The minimum atomic E-state index is 0.187. The Hall–Kier alpha value is -0.810. The minimum absolute atomic E-state index is 0.187. The summed E-state index contributed by atoms with van der Waals surface area (Å²) < 4.78 is 0. The summed E-state index contributed by atoms with van der Waals surface area (Å²) in [4.78, 5) is 18.4. The zero-order chi connectivity index (χ0) is 13.1. The van der Waals surface area contributed by atoms with Crippen molar-refractivity contribution >= 4 is 6.03 Å². The van der Waals surface area contributed by atoms with E-state index in [4.69, 9.17) is 5.73 Å². The maximum Gasteiger partial charge on any atom is 0.320 e. The molecule has 0 saturated carbocycles. The molecule has 0 bridgehead atoms. The average Bonchev–Trinajstić information content (AvgIpc) is 2.65. The fraction of sp³-hybridized carbons (Fsp3) is 0.923. The van der Waals surface area contributed by atoms with Crippen molar-refractivity contribution in [2.24, 2.45) is 11.7 Å². The lowest BCUT2D eigenvalue weighted by Gasteiger charge is -2.34. The standard InChI is InChI=1S/C13H26N4O/c1-15-8-4-11(5-9-15)12-10-17(7-3-6-14)13(18)16(12)2/h11-12H,3-10,14H2,1-2H3. The Morgan fingerprint density at radius 1 is 1.28 bits per heavy atom. The summed E-state index contributed by atoms with van der Waals surface area (Å²) in [5, 5.41) is 0. The summed E-state index contributed by atoms with van der Waals surface area (Å²) in [5.74, 6) is 0.665. The van der Waals surface area contributed by atoms with Crippen LogP contribution in [0.4, 0.5) is 4.79 Å². The molecule has 0 aromatic carbocycles. The smallest absolute Gasteiger partial charge is 0.320 e. The van der Waals surface area contributed by atoms with Gasteiger partial charge in [-0.05, 0) is 51.9 Å². The van der Waals surface area contributed by atoms with Gasteiger partial charge in [0.1, 0.15) is 0 Å². The van der Waals surface area contributed by atoms with Gasteiger partial charge in [0.15, 0.2) is 0 Å². The Labute approximate surface area is 110 Å². The highest BCUT2D eigenvalue weighted by Crippen LogP contribution is 2.28. The number of likely N-dealkylation sites (N-methyl/N-ethyl adjacent to an activating group) is 1. The molecule has 0 aromatic heterocycles. The summed E-state index contributed by atoms with van der Waals surface area (Å²) >= 11 is 0. The van der Waals surface area contributed by atoms with E-state index in [0.717, 1.165) is 32.6 Å². The molecular weight excluding hydrogens is 228 g/mol. The fourth-order valence-electron chi connectivity index (χ4n) is 3.14. The molecule has 2 aliphatic heterocycles. The number of hydrogen-bond acceptors (Lipinski definition) is 3. The van der Waals surface area contributed by atoms with E-state index in [9.17, 15) is 4.79 Å². The van der Waals surface area contributed by atoms with Gasteiger partial charge in [0.2, 0.25) is 0 Å². The van der Waals surface area contributed by atoms with E-state index >= 15 is 0 Å². The maximum absolute atomic E-state index is 12.1. The Morgan fingerprint density at radius 3 is 2.56 bits per heavy atom. The molecule has 0 aliphatic carbocycles. The van der Waals surface area contributed by atoms with Crippen molar-refractivity contribution in [2.75, 3.05) is 46.8 Å². The van der Waals surface area contributed by atoms with Crippen LogP contribution in [0.3, 0.4) is 0 Å². The number of piperidine rings is 1.